The molecular formula is C9H12N2O3. The summed E-state index contributed by atoms with van der Waals surface area (Å²) in [5, 5.41) is 11.9. The molecule has 0 aliphatic carbocycles. The normalized spacial score (nSPS) is 18.3. The Morgan fingerprint density at radius 3 is 2.86 bits per heavy atom. The third kappa shape index (κ3) is 1.77. The van der Waals surface area contributed by atoms with Crippen LogP contribution in [0.25, 0.3) is 0 Å². The molecular weight excluding hydrogens is 184 g/mol. The van der Waals surface area contributed by atoms with E-state index in [1.807, 2.05) is 0 Å². The molecule has 1 saturated heterocycles. The van der Waals surface area contributed by atoms with Crippen molar-refractivity contribution in [3.63, 3.8) is 0 Å². The van der Waals surface area contributed by atoms with E-state index in [9.17, 15) is 4.79 Å². The number of hydrogen-bond donors (Lipinski definition) is 2. The lowest BCUT2D eigenvalue weighted by molar-refractivity contribution is 0.0659. The molecule has 1 aromatic rings. The van der Waals surface area contributed by atoms with E-state index in [4.69, 9.17) is 9.52 Å². The molecule has 5 heteroatoms. The fourth-order valence-electron chi connectivity index (χ4n) is 1.64. The van der Waals surface area contributed by atoms with Gasteiger partial charge in [-0.2, -0.15) is 0 Å². The molecule has 0 radical (unpaired) electrons. The molecule has 1 aliphatic heterocycles. The number of aromatic nitrogens is 1. The third-order valence-electron chi connectivity index (χ3n) is 2.42. The Morgan fingerprint density at radius 1 is 1.57 bits per heavy atom. The van der Waals surface area contributed by atoms with Crippen molar-refractivity contribution in [3.8, 4) is 0 Å². The zero-order valence-corrected chi connectivity index (χ0v) is 7.69. The van der Waals surface area contributed by atoms with Crippen LogP contribution in [0, 0.1) is 0 Å². The molecule has 0 aromatic carbocycles. The van der Waals surface area contributed by atoms with Gasteiger partial charge in [-0.25, -0.2) is 9.78 Å². The van der Waals surface area contributed by atoms with Crippen LogP contribution in [0.4, 0.5) is 0 Å². The highest BCUT2D eigenvalue weighted by Crippen LogP contribution is 2.24. The van der Waals surface area contributed by atoms with Gasteiger partial charge in [0.2, 0.25) is 5.76 Å². The van der Waals surface area contributed by atoms with Gasteiger partial charge < -0.3 is 14.8 Å². The minimum atomic E-state index is -1.06. The predicted octanol–water partition coefficient (Wildman–Crippen LogP) is 0.840. The van der Waals surface area contributed by atoms with Crippen molar-refractivity contribution in [2.24, 2.45) is 0 Å². The van der Waals surface area contributed by atoms with Crippen LogP contribution >= 0.6 is 0 Å². The van der Waals surface area contributed by atoms with Crippen molar-refractivity contribution in [2.45, 2.75) is 18.8 Å². The van der Waals surface area contributed by atoms with Crippen LogP contribution in [0.15, 0.2) is 10.6 Å². The average molecular weight is 196 g/mol. The van der Waals surface area contributed by atoms with Crippen LogP contribution in [0.5, 0.6) is 0 Å². The maximum atomic E-state index is 10.6. The lowest BCUT2D eigenvalue weighted by Gasteiger charge is -2.19. The number of nitrogens with zero attached hydrogens (tertiary/aromatic N) is 1. The van der Waals surface area contributed by atoms with Crippen LogP contribution in [0.1, 0.15) is 35.2 Å². The fraction of sp³-hybridized carbons (Fsp3) is 0.556. The number of carboxylic acid groups (broad SMARTS) is 1. The third-order valence-corrected chi connectivity index (χ3v) is 2.42. The topological polar surface area (TPSA) is 75.4 Å². The summed E-state index contributed by atoms with van der Waals surface area (Å²) < 4.78 is 5.15. The summed E-state index contributed by atoms with van der Waals surface area (Å²) in [5.41, 5.74) is 0. The SMILES string of the molecule is O=C(O)c1cnc(C2CCNCC2)o1. The molecule has 0 unspecified atom stereocenters. The number of carboxylic acids is 1. The van der Waals surface area contributed by atoms with Crippen molar-refractivity contribution < 1.29 is 14.3 Å². The molecule has 14 heavy (non-hydrogen) atoms. The number of rotatable bonds is 2. The van der Waals surface area contributed by atoms with Crippen LogP contribution in [0.3, 0.4) is 0 Å². The molecule has 0 spiro atoms. The zero-order chi connectivity index (χ0) is 9.97. The minimum Gasteiger partial charge on any atom is -0.475 e. The summed E-state index contributed by atoms with van der Waals surface area (Å²) in [6.07, 6.45) is 3.19. The molecule has 1 fully saturated rings. The Bertz CT molecular complexity index is 329. The number of oxazole rings is 1. The number of aromatic carboxylic acids is 1. The molecule has 5 nitrogen and oxygen atoms in total. The van der Waals surface area contributed by atoms with E-state index >= 15 is 0 Å². The molecule has 2 N–H and O–H groups in total. The lowest BCUT2D eigenvalue weighted by Crippen LogP contribution is -2.26. The van der Waals surface area contributed by atoms with Crippen molar-refractivity contribution in [1.29, 1.82) is 0 Å². The van der Waals surface area contributed by atoms with E-state index in [-0.39, 0.29) is 11.7 Å². The minimum absolute atomic E-state index is 0.0708. The highest BCUT2D eigenvalue weighted by molar-refractivity contribution is 5.83. The first-order valence-electron chi connectivity index (χ1n) is 4.67. The summed E-state index contributed by atoms with van der Waals surface area (Å²) in [7, 11) is 0. The Hall–Kier alpha value is -1.36. The summed E-state index contributed by atoms with van der Waals surface area (Å²) >= 11 is 0. The second-order valence-corrected chi connectivity index (χ2v) is 3.39. The molecule has 0 saturated carbocycles. The standard InChI is InChI=1S/C9H12N2O3/c12-9(13)7-5-11-8(14-7)6-1-3-10-4-2-6/h5-6,10H,1-4H2,(H,12,13). The monoisotopic (exact) mass is 196 g/mol. The molecule has 1 aromatic heterocycles. The van der Waals surface area contributed by atoms with E-state index in [0.717, 1.165) is 25.9 Å². The second-order valence-electron chi connectivity index (χ2n) is 3.39. The first-order valence-corrected chi connectivity index (χ1v) is 4.67. The first kappa shape index (κ1) is 9.21. The zero-order valence-electron chi connectivity index (χ0n) is 7.69. The Morgan fingerprint density at radius 2 is 2.29 bits per heavy atom. The van der Waals surface area contributed by atoms with Gasteiger partial charge in [0.1, 0.15) is 0 Å². The van der Waals surface area contributed by atoms with Crippen molar-refractivity contribution in [3.05, 3.63) is 17.8 Å². The van der Waals surface area contributed by atoms with E-state index in [1.165, 1.54) is 6.20 Å². The smallest absolute Gasteiger partial charge is 0.373 e. The lowest BCUT2D eigenvalue weighted by atomic mass is 9.98. The quantitative estimate of drug-likeness (QED) is 0.733. The number of hydrogen-bond acceptors (Lipinski definition) is 4. The largest absolute Gasteiger partial charge is 0.475 e. The van der Waals surface area contributed by atoms with E-state index in [0.29, 0.717) is 5.89 Å². The summed E-state index contributed by atoms with van der Waals surface area (Å²) in [6, 6.07) is 0. The summed E-state index contributed by atoms with van der Waals surface area (Å²) in [5.74, 6) is -0.301. The Labute approximate surface area is 81.1 Å². The molecule has 0 bridgehead atoms. The fourth-order valence-corrected chi connectivity index (χ4v) is 1.64. The molecule has 2 heterocycles. The molecule has 0 atom stereocenters. The number of carbonyl (C=O) groups is 1. The van der Waals surface area contributed by atoms with Crippen molar-refractivity contribution >= 4 is 5.97 Å². The van der Waals surface area contributed by atoms with Gasteiger partial charge in [0.25, 0.3) is 0 Å². The maximum Gasteiger partial charge on any atom is 0.373 e. The molecule has 1 aliphatic rings. The van der Waals surface area contributed by atoms with Crippen LogP contribution in [-0.4, -0.2) is 29.1 Å². The van der Waals surface area contributed by atoms with Crippen LogP contribution in [0.2, 0.25) is 0 Å². The maximum absolute atomic E-state index is 10.6. The van der Waals surface area contributed by atoms with Crippen molar-refractivity contribution in [1.82, 2.24) is 10.3 Å². The van der Waals surface area contributed by atoms with Gasteiger partial charge in [0.15, 0.2) is 5.89 Å². The van der Waals surface area contributed by atoms with Gasteiger partial charge in [0, 0.05) is 5.92 Å². The number of piperidine rings is 1. The van der Waals surface area contributed by atoms with Gasteiger partial charge >= 0.3 is 5.97 Å². The van der Waals surface area contributed by atoms with Gasteiger partial charge in [-0.1, -0.05) is 0 Å². The van der Waals surface area contributed by atoms with E-state index in [2.05, 4.69) is 10.3 Å². The number of nitrogens with one attached hydrogen (secondary N) is 1. The predicted molar refractivity (Wildman–Crippen MR) is 48.3 cm³/mol. The Balaban J connectivity index is 2.11. The van der Waals surface area contributed by atoms with E-state index in [1.54, 1.807) is 0 Å². The van der Waals surface area contributed by atoms with Crippen molar-refractivity contribution in [2.75, 3.05) is 13.1 Å². The highest BCUT2D eigenvalue weighted by Gasteiger charge is 2.21. The first-order chi connectivity index (χ1) is 6.77. The second kappa shape index (κ2) is 3.79. The molecule has 0 amide bonds. The average Bonchev–Trinajstić information content (AvgIpc) is 2.68. The summed E-state index contributed by atoms with van der Waals surface area (Å²) in [4.78, 5) is 14.5. The highest BCUT2D eigenvalue weighted by atomic mass is 16.4. The van der Waals surface area contributed by atoms with Gasteiger partial charge in [0.05, 0.1) is 6.20 Å². The van der Waals surface area contributed by atoms with E-state index < -0.39 is 5.97 Å². The molecule has 76 valence electrons. The van der Waals surface area contributed by atoms with Crippen LogP contribution < -0.4 is 5.32 Å². The van der Waals surface area contributed by atoms with Gasteiger partial charge in [-0.05, 0) is 25.9 Å². The Kier molecular flexibility index (Phi) is 2.49. The van der Waals surface area contributed by atoms with Gasteiger partial charge in [-0.3, -0.25) is 0 Å². The van der Waals surface area contributed by atoms with Gasteiger partial charge in [-0.15, -0.1) is 0 Å². The summed E-state index contributed by atoms with van der Waals surface area (Å²) in [6.45, 7) is 1.88. The molecule has 2 rings (SSSR count). The van der Waals surface area contributed by atoms with Crippen LogP contribution in [-0.2, 0) is 0 Å².